The van der Waals surface area contributed by atoms with E-state index < -0.39 is 11.7 Å². The van der Waals surface area contributed by atoms with Gasteiger partial charge in [0, 0.05) is 31.9 Å². The lowest BCUT2D eigenvalue weighted by atomic mass is 10.1. The molecule has 130 valence electrons. The quantitative estimate of drug-likeness (QED) is 0.800. The van der Waals surface area contributed by atoms with Gasteiger partial charge in [0.25, 0.3) is 0 Å². The van der Waals surface area contributed by atoms with Crippen molar-refractivity contribution in [2.24, 2.45) is 0 Å². The summed E-state index contributed by atoms with van der Waals surface area (Å²) in [6.07, 6.45) is -4.44. The Balaban J connectivity index is 1.64. The van der Waals surface area contributed by atoms with E-state index in [0.29, 0.717) is 18.8 Å². The highest BCUT2D eigenvalue weighted by molar-refractivity contribution is 6.31. The first-order chi connectivity index (χ1) is 11.3. The second-order valence-electron chi connectivity index (χ2n) is 5.94. The molecule has 24 heavy (non-hydrogen) atoms. The van der Waals surface area contributed by atoms with E-state index in [9.17, 15) is 13.2 Å². The van der Waals surface area contributed by atoms with Crippen molar-refractivity contribution in [2.75, 3.05) is 31.1 Å². The number of hydrogen-bond acceptors (Lipinski definition) is 3. The van der Waals surface area contributed by atoms with Crippen LogP contribution in [0.2, 0.25) is 5.02 Å². The molecule has 2 heterocycles. The molecule has 0 aliphatic carbocycles. The third-order valence-electron chi connectivity index (χ3n) is 4.17. The van der Waals surface area contributed by atoms with E-state index in [1.54, 1.807) is 6.07 Å². The molecule has 0 spiro atoms. The topological polar surface area (TPSA) is 19.6 Å². The lowest BCUT2D eigenvalue weighted by Gasteiger charge is -2.36. The molecule has 0 radical (unpaired) electrons. The molecule has 3 nitrogen and oxygen atoms in total. The van der Waals surface area contributed by atoms with Gasteiger partial charge in [-0.1, -0.05) is 11.6 Å². The molecule has 2 aromatic rings. The lowest BCUT2D eigenvalue weighted by molar-refractivity contribution is -0.137. The molecule has 1 saturated heterocycles. The number of rotatable bonds is 3. The van der Waals surface area contributed by atoms with Gasteiger partial charge >= 0.3 is 6.18 Å². The summed E-state index contributed by atoms with van der Waals surface area (Å²) in [5.74, 6) is 1.79. The van der Waals surface area contributed by atoms with Crippen molar-refractivity contribution in [1.82, 2.24) is 4.90 Å². The molecule has 1 aromatic heterocycles. The number of anilines is 1. The van der Waals surface area contributed by atoms with Crippen molar-refractivity contribution in [3.8, 4) is 0 Å². The van der Waals surface area contributed by atoms with Gasteiger partial charge < -0.3 is 9.32 Å². The Labute approximate surface area is 143 Å². The number of halogens is 4. The van der Waals surface area contributed by atoms with E-state index in [-0.39, 0.29) is 5.02 Å². The van der Waals surface area contributed by atoms with Gasteiger partial charge in [-0.25, -0.2) is 0 Å². The summed E-state index contributed by atoms with van der Waals surface area (Å²) < 4.78 is 44.5. The maximum atomic E-state index is 13.0. The first-order valence-corrected chi connectivity index (χ1v) is 8.10. The molecule has 0 unspecified atom stereocenters. The normalized spacial score (nSPS) is 16.6. The average Bonchev–Trinajstić information content (AvgIpc) is 2.92. The predicted octanol–water partition coefficient (Wildman–Crippen LogP) is 4.58. The minimum atomic E-state index is -4.44. The van der Waals surface area contributed by atoms with Gasteiger partial charge in [-0.05, 0) is 37.3 Å². The van der Waals surface area contributed by atoms with Gasteiger partial charge in [-0.2, -0.15) is 13.2 Å². The summed E-state index contributed by atoms with van der Waals surface area (Å²) in [5.41, 5.74) is -0.227. The Bertz CT molecular complexity index is 706. The van der Waals surface area contributed by atoms with Gasteiger partial charge in [0.1, 0.15) is 11.5 Å². The fraction of sp³-hybridized carbons (Fsp3) is 0.412. The summed E-state index contributed by atoms with van der Waals surface area (Å²) in [6, 6.07) is 7.98. The second-order valence-corrected chi connectivity index (χ2v) is 6.34. The van der Waals surface area contributed by atoms with Gasteiger partial charge in [0.15, 0.2) is 0 Å². The highest BCUT2D eigenvalue weighted by atomic mass is 35.5. The molecule has 1 aromatic carbocycles. The number of benzene rings is 1. The lowest BCUT2D eigenvalue weighted by Crippen LogP contribution is -2.46. The predicted molar refractivity (Wildman–Crippen MR) is 87.4 cm³/mol. The van der Waals surface area contributed by atoms with Crippen LogP contribution in [0.5, 0.6) is 0 Å². The Kier molecular flexibility index (Phi) is 4.78. The standard InChI is InChI=1S/C17H18ClF3N2O/c1-12-2-4-14(24-12)11-22-6-8-23(9-7-22)13-3-5-16(18)15(10-13)17(19,20)21/h2-5,10H,6-9,11H2,1H3. The molecule has 0 N–H and O–H groups in total. The molecule has 7 heteroatoms. The molecule has 1 aliphatic heterocycles. The maximum Gasteiger partial charge on any atom is 0.417 e. The van der Waals surface area contributed by atoms with Crippen molar-refractivity contribution in [2.45, 2.75) is 19.6 Å². The Morgan fingerprint density at radius 1 is 1.08 bits per heavy atom. The van der Waals surface area contributed by atoms with Crippen molar-refractivity contribution in [1.29, 1.82) is 0 Å². The number of nitrogens with zero attached hydrogens (tertiary/aromatic N) is 2. The second kappa shape index (κ2) is 6.69. The summed E-state index contributed by atoms with van der Waals surface area (Å²) >= 11 is 5.68. The number of hydrogen-bond donors (Lipinski definition) is 0. The van der Waals surface area contributed by atoms with Gasteiger partial charge in [0.05, 0.1) is 17.1 Å². The average molecular weight is 359 g/mol. The maximum absolute atomic E-state index is 13.0. The minimum absolute atomic E-state index is 0.266. The first-order valence-electron chi connectivity index (χ1n) is 7.72. The third kappa shape index (κ3) is 3.87. The fourth-order valence-electron chi connectivity index (χ4n) is 2.88. The summed E-state index contributed by atoms with van der Waals surface area (Å²) in [4.78, 5) is 4.19. The zero-order valence-electron chi connectivity index (χ0n) is 13.2. The van der Waals surface area contributed by atoms with Gasteiger partial charge in [-0.3, -0.25) is 4.90 Å². The number of furan rings is 1. The highest BCUT2D eigenvalue weighted by Crippen LogP contribution is 2.37. The molecule has 1 aliphatic rings. The van der Waals surface area contributed by atoms with Crippen molar-refractivity contribution < 1.29 is 17.6 Å². The van der Waals surface area contributed by atoms with E-state index in [2.05, 4.69) is 4.90 Å². The van der Waals surface area contributed by atoms with Crippen LogP contribution in [0.25, 0.3) is 0 Å². The molecule has 3 rings (SSSR count). The SMILES string of the molecule is Cc1ccc(CN2CCN(c3ccc(Cl)c(C(F)(F)F)c3)CC2)o1. The summed E-state index contributed by atoms with van der Waals surface area (Å²) in [5, 5.41) is -0.266. The third-order valence-corrected chi connectivity index (χ3v) is 4.50. The zero-order valence-corrected chi connectivity index (χ0v) is 14.0. The van der Waals surface area contributed by atoms with Crippen LogP contribution in [0, 0.1) is 6.92 Å². The number of aryl methyl sites for hydroxylation is 1. The Hall–Kier alpha value is -1.66. The van der Waals surface area contributed by atoms with E-state index in [1.807, 2.05) is 24.0 Å². The molecule has 0 atom stereocenters. The molecular weight excluding hydrogens is 341 g/mol. The summed E-state index contributed by atoms with van der Waals surface area (Å²) in [6.45, 7) is 5.49. The number of alkyl halides is 3. The van der Waals surface area contributed by atoms with E-state index in [0.717, 1.165) is 37.2 Å². The molecule has 0 amide bonds. The molecule has 0 bridgehead atoms. The van der Waals surface area contributed by atoms with Crippen molar-refractivity contribution >= 4 is 17.3 Å². The largest absolute Gasteiger partial charge is 0.465 e. The van der Waals surface area contributed by atoms with Crippen molar-refractivity contribution in [3.63, 3.8) is 0 Å². The summed E-state index contributed by atoms with van der Waals surface area (Å²) in [7, 11) is 0. The Morgan fingerprint density at radius 2 is 1.79 bits per heavy atom. The van der Waals surface area contributed by atoms with E-state index >= 15 is 0 Å². The molecular formula is C17H18ClF3N2O. The van der Waals surface area contributed by atoms with Crippen LogP contribution in [-0.4, -0.2) is 31.1 Å². The van der Waals surface area contributed by atoms with E-state index in [1.165, 1.54) is 6.07 Å². The van der Waals surface area contributed by atoms with Crippen LogP contribution in [0.3, 0.4) is 0 Å². The molecule has 1 fully saturated rings. The van der Waals surface area contributed by atoms with Gasteiger partial charge in [0.2, 0.25) is 0 Å². The van der Waals surface area contributed by atoms with Crippen LogP contribution in [0.15, 0.2) is 34.7 Å². The van der Waals surface area contributed by atoms with Crippen molar-refractivity contribution in [3.05, 3.63) is 52.4 Å². The smallest absolute Gasteiger partial charge is 0.417 e. The van der Waals surface area contributed by atoms with Crippen LogP contribution in [-0.2, 0) is 12.7 Å². The monoisotopic (exact) mass is 358 g/mol. The zero-order chi connectivity index (χ0) is 17.3. The highest BCUT2D eigenvalue weighted by Gasteiger charge is 2.34. The van der Waals surface area contributed by atoms with Crippen LogP contribution >= 0.6 is 11.6 Å². The van der Waals surface area contributed by atoms with E-state index in [4.69, 9.17) is 16.0 Å². The first kappa shape index (κ1) is 17.2. The van der Waals surface area contributed by atoms with Crippen LogP contribution < -0.4 is 4.90 Å². The van der Waals surface area contributed by atoms with Crippen LogP contribution in [0.4, 0.5) is 18.9 Å². The Morgan fingerprint density at radius 3 is 2.38 bits per heavy atom. The minimum Gasteiger partial charge on any atom is -0.465 e. The van der Waals surface area contributed by atoms with Crippen LogP contribution in [0.1, 0.15) is 17.1 Å². The number of piperazine rings is 1. The molecule has 0 saturated carbocycles. The van der Waals surface area contributed by atoms with Gasteiger partial charge in [-0.15, -0.1) is 0 Å². The fourth-order valence-corrected chi connectivity index (χ4v) is 3.11.